The first-order valence-electron chi connectivity index (χ1n) is 8.71. The molecule has 0 saturated carbocycles. The number of hydrogen-bond acceptors (Lipinski definition) is 5. The highest BCUT2D eigenvalue weighted by atomic mass is 32.1. The van der Waals surface area contributed by atoms with Crippen molar-refractivity contribution < 1.29 is 4.79 Å². The lowest BCUT2D eigenvalue weighted by Gasteiger charge is -2.28. The SMILES string of the molecule is C/C(=N/NC(=O)Cc1nc(C)cs1)c1ccc(N2CCCCC2)cc1. The van der Waals surface area contributed by atoms with Gasteiger partial charge in [-0.15, -0.1) is 11.3 Å². The lowest BCUT2D eigenvalue weighted by molar-refractivity contribution is -0.120. The second kappa shape index (κ2) is 8.25. The van der Waals surface area contributed by atoms with Crippen molar-refractivity contribution in [3.8, 4) is 0 Å². The Morgan fingerprint density at radius 3 is 2.60 bits per heavy atom. The Bertz CT molecular complexity index is 745. The highest BCUT2D eigenvalue weighted by Crippen LogP contribution is 2.20. The van der Waals surface area contributed by atoms with Crippen LogP contribution in [0.1, 0.15) is 42.5 Å². The Morgan fingerprint density at radius 1 is 1.24 bits per heavy atom. The zero-order valence-electron chi connectivity index (χ0n) is 14.8. The van der Waals surface area contributed by atoms with E-state index in [4.69, 9.17) is 0 Å². The van der Waals surface area contributed by atoms with Gasteiger partial charge in [0.25, 0.3) is 0 Å². The molecule has 25 heavy (non-hydrogen) atoms. The largest absolute Gasteiger partial charge is 0.372 e. The molecule has 1 aliphatic rings. The fourth-order valence-corrected chi connectivity index (χ4v) is 3.71. The van der Waals surface area contributed by atoms with E-state index < -0.39 is 0 Å². The molecule has 0 aliphatic carbocycles. The molecule has 5 nitrogen and oxygen atoms in total. The molecule has 6 heteroatoms. The molecular weight excluding hydrogens is 332 g/mol. The first-order chi connectivity index (χ1) is 12.1. The summed E-state index contributed by atoms with van der Waals surface area (Å²) in [5.74, 6) is -0.140. The van der Waals surface area contributed by atoms with Gasteiger partial charge in [-0.05, 0) is 50.8 Å². The molecule has 1 fully saturated rings. The summed E-state index contributed by atoms with van der Waals surface area (Å²) in [7, 11) is 0. The monoisotopic (exact) mass is 356 g/mol. The number of nitrogens with zero attached hydrogens (tertiary/aromatic N) is 3. The van der Waals surface area contributed by atoms with E-state index in [1.165, 1.54) is 36.3 Å². The fraction of sp³-hybridized carbons (Fsp3) is 0.421. The number of thiazole rings is 1. The number of piperidine rings is 1. The molecule has 1 amide bonds. The van der Waals surface area contributed by atoms with Crippen molar-refractivity contribution in [3.05, 3.63) is 45.9 Å². The van der Waals surface area contributed by atoms with Crippen LogP contribution in [0.3, 0.4) is 0 Å². The normalized spacial score (nSPS) is 15.3. The summed E-state index contributed by atoms with van der Waals surface area (Å²) in [6.07, 6.45) is 4.14. The minimum Gasteiger partial charge on any atom is -0.372 e. The van der Waals surface area contributed by atoms with Crippen molar-refractivity contribution in [3.63, 3.8) is 0 Å². The molecule has 3 rings (SSSR count). The van der Waals surface area contributed by atoms with Gasteiger partial charge in [-0.25, -0.2) is 10.4 Å². The van der Waals surface area contributed by atoms with E-state index in [-0.39, 0.29) is 12.3 Å². The van der Waals surface area contributed by atoms with Gasteiger partial charge in [-0.2, -0.15) is 5.10 Å². The minimum absolute atomic E-state index is 0.140. The van der Waals surface area contributed by atoms with Gasteiger partial charge < -0.3 is 4.90 Å². The van der Waals surface area contributed by atoms with E-state index in [9.17, 15) is 4.79 Å². The van der Waals surface area contributed by atoms with Crippen LogP contribution in [0.5, 0.6) is 0 Å². The molecule has 0 spiro atoms. The van der Waals surface area contributed by atoms with Crippen LogP contribution in [-0.2, 0) is 11.2 Å². The first-order valence-corrected chi connectivity index (χ1v) is 9.59. The number of hydrogen-bond donors (Lipinski definition) is 1. The Hall–Kier alpha value is -2.21. The molecular formula is C19H24N4OS. The van der Waals surface area contributed by atoms with E-state index >= 15 is 0 Å². The molecule has 1 saturated heterocycles. The number of carbonyl (C=O) groups excluding carboxylic acids is 1. The molecule has 0 unspecified atom stereocenters. The first kappa shape index (κ1) is 17.6. The van der Waals surface area contributed by atoms with Crippen LogP contribution >= 0.6 is 11.3 Å². The van der Waals surface area contributed by atoms with E-state index in [0.717, 1.165) is 35.1 Å². The predicted molar refractivity (Wildman–Crippen MR) is 103 cm³/mol. The Kier molecular flexibility index (Phi) is 5.81. The second-order valence-electron chi connectivity index (χ2n) is 6.39. The van der Waals surface area contributed by atoms with E-state index in [1.54, 1.807) is 0 Å². The summed E-state index contributed by atoms with van der Waals surface area (Å²) >= 11 is 1.50. The average molecular weight is 356 g/mol. The maximum atomic E-state index is 12.0. The summed E-state index contributed by atoms with van der Waals surface area (Å²) in [4.78, 5) is 18.7. The van der Waals surface area contributed by atoms with Crippen molar-refractivity contribution in [1.82, 2.24) is 10.4 Å². The van der Waals surface area contributed by atoms with Gasteiger partial charge in [0.1, 0.15) is 5.01 Å². The van der Waals surface area contributed by atoms with Crippen molar-refractivity contribution in [2.75, 3.05) is 18.0 Å². The van der Waals surface area contributed by atoms with Crippen LogP contribution < -0.4 is 10.3 Å². The van der Waals surface area contributed by atoms with Crippen LogP contribution in [0.2, 0.25) is 0 Å². The van der Waals surface area contributed by atoms with Crippen LogP contribution in [0.4, 0.5) is 5.69 Å². The number of rotatable bonds is 5. The van der Waals surface area contributed by atoms with Gasteiger partial charge in [0.15, 0.2) is 0 Å². The van der Waals surface area contributed by atoms with Gasteiger partial charge in [0.05, 0.1) is 12.1 Å². The Morgan fingerprint density at radius 2 is 1.96 bits per heavy atom. The number of hydrazone groups is 1. The van der Waals surface area contributed by atoms with Gasteiger partial charge in [-0.1, -0.05) is 12.1 Å². The molecule has 2 aromatic rings. The van der Waals surface area contributed by atoms with Gasteiger partial charge in [0, 0.05) is 29.9 Å². The maximum absolute atomic E-state index is 12.0. The topological polar surface area (TPSA) is 57.6 Å². The van der Waals surface area contributed by atoms with Crippen molar-refractivity contribution >= 4 is 28.6 Å². The minimum atomic E-state index is -0.140. The Labute approximate surface area is 152 Å². The fourth-order valence-electron chi connectivity index (χ4n) is 2.94. The molecule has 2 heterocycles. The number of nitrogens with one attached hydrogen (secondary N) is 1. The zero-order valence-corrected chi connectivity index (χ0v) is 15.6. The lowest BCUT2D eigenvalue weighted by Crippen LogP contribution is -2.29. The number of aromatic nitrogens is 1. The van der Waals surface area contributed by atoms with Gasteiger partial charge in [0.2, 0.25) is 5.91 Å². The van der Waals surface area contributed by atoms with Crippen LogP contribution in [0, 0.1) is 6.92 Å². The molecule has 1 aromatic heterocycles. The summed E-state index contributed by atoms with van der Waals surface area (Å²) < 4.78 is 0. The average Bonchev–Trinajstić information content (AvgIpc) is 3.05. The third-order valence-corrected chi connectivity index (χ3v) is 5.30. The number of amides is 1. The molecule has 0 bridgehead atoms. The summed E-state index contributed by atoms with van der Waals surface area (Å²) in [6.45, 7) is 6.11. The van der Waals surface area contributed by atoms with E-state index in [0.29, 0.717) is 0 Å². The van der Waals surface area contributed by atoms with Crippen molar-refractivity contribution in [2.45, 2.75) is 39.5 Å². The second-order valence-corrected chi connectivity index (χ2v) is 7.33. The van der Waals surface area contributed by atoms with Crippen LogP contribution in [0.25, 0.3) is 0 Å². The van der Waals surface area contributed by atoms with Crippen molar-refractivity contribution in [2.24, 2.45) is 5.10 Å². The van der Waals surface area contributed by atoms with E-state index in [1.807, 2.05) is 19.2 Å². The lowest BCUT2D eigenvalue weighted by atomic mass is 10.1. The van der Waals surface area contributed by atoms with Crippen LogP contribution in [-0.4, -0.2) is 29.7 Å². The molecule has 1 aromatic carbocycles. The number of benzene rings is 1. The molecule has 1 aliphatic heterocycles. The number of aryl methyl sites for hydroxylation is 1. The summed E-state index contributed by atoms with van der Waals surface area (Å²) in [5, 5.41) is 6.98. The van der Waals surface area contributed by atoms with Gasteiger partial charge in [-0.3, -0.25) is 4.79 Å². The zero-order chi connectivity index (χ0) is 17.6. The standard InChI is InChI=1S/C19H24N4OS/c1-14-13-25-19(20-14)12-18(24)22-21-15(2)16-6-8-17(9-7-16)23-10-4-3-5-11-23/h6-9,13H,3-5,10-12H2,1-2H3,(H,22,24)/b21-15-. The molecule has 1 N–H and O–H groups in total. The quantitative estimate of drug-likeness (QED) is 0.659. The predicted octanol–water partition coefficient (Wildman–Crippen LogP) is 3.52. The Balaban J connectivity index is 1.56. The molecule has 0 radical (unpaired) electrons. The summed E-state index contributed by atoms with van der Waals surface area (Å²) in [6, 6.07) is 8.41. The highest BCUT2D eigenvalue weighted by molar-refractivity contribution is 7.09. The number of carbonyl (C=O) groups is 1. The van der Waals surface area contributed by atoms with Crippen LogP contribution in [0.15, 0.2) is 34.7 Å². The third kappa shape index (κ3) is 4.89. The van der Waals surface area contributed by atoms with Gasteiger partial charge >= 0.3 is 0 Å². The molecule has 0 atom stereocenters. The highest BCUT2D eigenvalue weighted by Gasteiger charge is 2.11. The maximum Gasteiger partial charge on any atom is 0.246 e. The third-order valence-electron chi connectivity index (χ3n) is 4.33. The van der Waals surface area contributed by atoms with E-state index in [2.05, 4.69) is 44.7 Å². The smallest absolute Gasteiger partial charge is 0.246 e. The van der Waals surface area contributed by atoms with Crippen molar-refractivity contribution in [1.29, 1.82) is 0 Å². The number of anilines is 1. The molecule has 132 valence electrons. The summed E-state index contributed by atoms with van der Waals surface area (Å²) in [5.41, 5.74) is 6.65.